The summed E-state index contributed by atoms with van der Waals surface area (Å²) < 4.78 is 45.3. The lowest BCUT2D eigenvalue weighted by atomic mass is 10.5. The van der Waals surface area contributed by atoms with E-state index in [9.17, 15) is 13.2 Å². The first-order chi connectivity index (χ1) is 10.5. The maximum atomic E-state index is 11.9. The van der Waals surface area contributed by atoms with Gasteiger partial charge in [0, 0.05) is 25.1 Å². The van der Waals surface area contributed by atoms with Crippen LogP contribution in [0.25, 0.3) is 0 Å². The molecule has 134 valence electrons. The summed E-state index contributed by atoms with van der Waals surface area (Å²) in [6.07, 6.45) is -4.30. The van der Waals surface area contributed by atoms with Crippen LogP contribution >= 0.6 is 35.3 Å². The van der Waals surface area contributed by atoms with Crippen LogP contribution in [0.4, 0.5) is 13.2 Å². The lowest BCUT2D eigenvalue weighted by Crippen LogP contribution is -2.40. The van der Waals surface area contributed by atoms with Crippen LogP contribution in [0.3, 0.4) is 0 Å². The summed E-state index contributed by atoms with van der Waals surface area (Å²) in [7, 11) is 1.59. The van der Waals surface area contributed by atoms with Gasteiger partial charge >= 0.3 is 6.18 Å². The Morgan fingerprint density at radius 2 is 1.96 bits per heavy atom. The van der Waals surface area contributed by atoms with Gasteiger partial charge in [-0.1, -0.05) is 6.07 Å². The molecule has 0 saturated heterocycles. The van der Waals surface area contributed by atoms with Crippen LogP contribution < -0.4 is 10.6 Å². The molecule has 0 radical (unpaired) electrons. The molecule has 0 saturated carbocycles. The standard InChI is InChI=1S/C13H20F3N3O2S.HI/c1-20-6-4-17-12(19-9-11-3-2-8-22-11)18-5-7-21-10-13(14,15)16;/h2-3,8H,4-7,9-10H2,1H3,(H2,17,18,19);1H. The van der Waals surface area contributed by atoms with Crippen molar-refractivity contribution in [2.75, 3.05) is 40.0 Å². The Bertz CT molecular complexity index is 431. The molecule has 1 heterocycles. The van der Waals surface area contributed by atoms with Crippen LogP contribution in [0.15, 0.2) is 22.5 Å². The van der Waals surface area contributed by atoms with Crippen molar-refractivity contribution in [3.05, 3.63) is 22.4 Å². The number of nitrogens with zero attached hydrogens (tertiary/aromatic N) is 1. The number of alkyl halides is 3. The molecule has 0 fully saturated rings. The molecule has 1 rings (SSSR count). The van der Waals surface area contributed by atoms with Crippen molar-refractivity contribution in [2.45, 2.75) is 12.7 Å². The largest absolute Gasteiger partial charge is 0.411 e. The van der Waals surface area contributed by atoms with Crippen molar-refractivity contribution in [3.8, 4) is 0 Å². The Labute approximate surface area is 154 Å². The second-order valence-electron chi connectivity index (χ2n) is 4.26. The van der Waals surface area contributed by atoms with E-state index in [2.05, 4.69) is 20.4 Å². The Kier molecular flexibility index (Phi) is 12.5. The summed E-state index contributed by atoms with van der Waals surface area (Å²) in [5.74, 6) is 0.515. The van der Waals surface area contributed by atoms with Gasteiger partial charge in [0.25, 0.3) is 0 Å². The molecule has 10 heteroatoms. The van der Waals surface area contributed by atoms with E-state index >= 15 is 0 Å². The van der Waals surface area contributed by atoms with Gasteiger partial charge in [-0.15, -0.1) is 35.3 Å². The molecule has 0 atom stereocenters. The van der Waals surface area contributed by atoms with Crippen molar-refractivity contribution < 1.29 is 22.6 Å². The van der Waals surface area contributed by atoms with Gasteiger partial charge < -0.3 is 20.1 Å². The number of aliphatic imine (C=N–C) groups is 1. The van der Waals surface area contributed by atoms with Crippen molar-refractivity contribution >= 4 is 41.3 Å². The highest BCUT2D eigenvalue weighted by molar-refractivity contribution is 14.0. The molecule has 0 aliphatic carbocycles. The number of methoxy groups -OCH3 is 1. The topological polar surface area (TPSA) is 54.9 Å². The predicted octanol–water partition coefficient (Wildman–Crippen LogP) is 2.63. The van der Waals surface area contributed by atoms with Crippen molar-refractivity contribution in [1.29, 1.82) is 0 Å². The summed E-state index contributed by atoms with van der Waals surface area (Å²) in [6.45, 7) is 0.500. The highest BCUT2D eigenvalue weighted by Crippen LogP contribution is 2.14. The molecule has 2 N–H and O–H groups in total. The van der Waals surface area contributed by atoms with E-state index in [1.165, 1.54) is 0 Å². The van der Waals surface area contributed by atoms with Gasteiger partial charge in [0.05, 0.1) is 19.8 Å². The van der Waals surface area contributed by atoms with E-state index in [-0.39, 0.29) is 37.1 Å². The molecule has 0 bridgehead atoms. The lowest BCUT2D eigenvalue weighted by molar-refractivity contribution is -0.173. The quantitative estimate of drug-likeness (QED) is 0.254. The third kappa shape index (κ3) is 12.5. The molecule has 5 nitrogen and oxygen atoms in total. The maximum absolute atomic E-state index is 11.9. The maximum Gasteiger partial charge on any atom is 0.411 e. The van der Waals surface area contributed by atoms with Gasteiger partial charge in [0.15, 0.2) is 5.96 Å². The minimum Gasteiger partial charge on any atom is -0.383 e. The van der Waals surface area contributed by atoms with Gasteiger partial charge in [-0.05, 0) is 11.4 Å². The first-order valence-electron chi connectivity index (χ1n) is 6.69. The van der Waals surface area contributed by atoms with Gasteiger partial charge in [-0.25, -0.2) is 4.99 Å². The zero-order valence-corrected chi connectivity index (χ0v) is 15.8. The highest BCUT2D eigenvalue weighted by Gasteiger charge is 2.27. The SMILES string of the molecule is COCCNC(=NCc1cccs1)NCCOCC(F)(F)F.I. The molecule has 0 amide bonds. The van der Waals surface area contributed by atoms with E-state index in [1.54, 1.807) is 18.4 Å². The summed E-state index contributed by atoms with van der Waals surface area (Å²) >= 11 is 1.59. The smallest absolute Gasteiger partial charge is 0.383 e. The first-order valence-corrected chi connectivity index (χ1v) is 7.57. The summed E-state index contributed by atoms with van der Waals surface area (Å²) in [5.41, 5.74) is 0. The second-order valence-corrected chi connectivity index (χ2v) is 5.29. The second kappa shape index (κ2) is 12.8. The van der Waals surface area contributed by atoms with Crippen LogP contribution in [0.5, 0.6) is 0 Å². The third-order valence-electron chi connectivity index (χ3n) is 2.38. The molecule has 23 heavy (non-hydrogen) atoms. The van der Waals surface area contributed by atoms with E-state index in [1.807, 2.05) is 17.5 Å². The Hall–Kier alpha value is -0.590. The zero-order chi connectivity index (χ0) is 16.3. The molecular weight excluding hydrogens is 446 g/mol. The van der Waals surface area contributed by atoms with Crippen molar-refractivity contribution in [3.63, 3.8) is 0 Å². The molecule has 1 aromatic heterocycles. The van der Waals surface area contributed by atoms with Crippen LogP contribution in [0.1, 0.15) is 4.88 Å². The summed E-state index contributed by atoms with van der Waals surface area (Å²) in [5, 5.41) is 7.91. The minimum atomic E-state index is -4.30. The monoisotopic (exact) mass is 467 g/mol. The van der Waals surface area contributed by atoms with Gasteiger partial charge in [0.1, 0.15) is 6.61 Å². The number of thiophene rings is 1. The number of hydrogen-bond donors (Lipinski definition) is 2. The Morgan fingerprint density at radius 1 is 1.26 bits per heavy atom. The average molecular weight is 467 g/mol. The lowest BCUT2D eigenvalue weighted by Gasteiger charge is -2.13. The summed E-state index contributed by atoms with van der Waals surface area (Å²) in [6, 6.07) is 3.90. The van der Waals surface area contributed by atoms with Crippen LogP contribution in [0, 0.1) is 0 Å². The molecule has 1 aromatic rings. The van der Waals surface area contributed by atoms with Crippen LogP contribution in [-0.4, -0.2) is 52.2 Å². The fraction of sp³-hybridized carbons (Fsp3) is 0.615. The van der Waals surface area contributed by atoms with E-state index in [4.69, 9.17) is 4.74 Å². The molecule has 0 unspecified atom stereocenters. The van der Waals surface area contributed by atoms with E-state index < -0.39 is 12.8 Å². The predicted molar refractivity (Wildman–Crippen MR) is 95.6 cm³/mol. The van der Waals surface area contributed by atoms with Gasteiger partial charge in [-0.2, -0.15) is 13.2 Å². The molecular formula is C13H21F3IN3O2S. The average Bonchev–Trinajstić information content (AvgIpc) is 2.96. The number of halogens is 4. The Balaban J connectivity index is 0.00000484. The number of hydrogen-bond acceptors (Lipinski definition) is 4. The number of rotatable bonds is 9. The van der Waals surface area contributed by atoms with E-state index in [0.717, 1.165) is 4.88 Å². The Morgan fingerprint density at radius 3 is 2.52 bits per heavy atom. The number of ether oxygens (including phenoxy) is 2. The van der Waals surface area contributed by atoms with Gasteiger partial charge in [-0.3, -0.25) is 0 Å². The van der Waals surface area contributed by atoms with Crippen molar-refractivity contribution in [2.24, 2.45) is 4.99 Å². The number of guanidine groups is 1. The highest BCUT2D eigenvalue weighted by atomic mass is 127. The van der Waals surface area contributed by atoms with Crippen LogP contribution in [0.2, 0.25) is 0 Å². The van der Waals surface area contributed by atoms with E-state index in [0.29, 0.717) is 25.7 Å². The molecule has 0 aliphatic heterocycles. The summed E-state index contributed by atoms with van der Waals surface area (Å²) in [4.78, 5) is 5.45. The number of nitrogens with one attached hydrogen (secondary N) is 2. The first kappa shape index (κ1) is 22.4. The van der Waals surface area contributed by atoms with Crippen LogP contribution in [-0.2, 0) is 16.0 Å². The fourth-order valence-electron chi connectivity index (χ4n) is 1.43. The normalized spacial score (nSPS) is 11.9. The van der Waals surface area contributed by atoms with Crippen molar-refractivity contribution in [1.82, 2.24) is 10.6 Å². The molecule has 0 aliphatic rings. The van der Waals surface area contributed by atoms with Gasteiger partial charge in [0.2, 0.25) is 0 Å². The molecule has 0 spiro atoms. The third-order valence-corrected chi connectivity index (χ3v) is 3.24. The minimum absolute atomic E-state index is 0. The fourth-order valence-corrected chi connectivity index (χ4v) is 2.06. The zero-order valence-electron chi connectivity index (χ0n) is 12.7. The molecule has 0 aromatic carbocycles.